The van der Waals surface area contributed by atoms with Gasteiger partial charge in [-0.25, -0.2) is 4.98 Å². The summed E-state index contributed by atoms with van der Waals surface area (Å²) in [5.74, 6) is 0.320. The van der Waals surface area contributed by atoms with Crippen molar-refractivity contribution in [2.75, 3.05) is 11.9 Å². The molecule has 1 aliphatic heterocycles. The molecule has 0 amide bonds. The lowest BCUT2D eigenvalue weighted by molar-refractivity contribution is -0.139. The highest BCUT2D eigenvalue weighted by molar-refractivity contribution is 5.73. The van der Waals surface area contributed by atoms with Crippen LogP contribution in [0.25, 0.3) is 0 Å². The normalized spacial score (nSPS) is 15.1. The number of fused-ring (bicyclic) bond motifs is 1. The van der Waals surface area contributed by atoms with Crippen LogP contribution in [0, 0.1) is 0 Å². The Labute approximate surface area is 180 Å². The van der Waals surface area contributed by atoms with E-state index in [1.807, 2.05) is 37.3 Å². The van der Waals surface area contributed by atoms with Crippen LogP contribution in [0.1, 0.15) is 74.7 Å². The minimum absolute atomic E-state index is 0.0332. The first-order valence-corrected chi connectivity index (χ1v) is 11.4. The number of anilines is 1. The van der Waals surface area contributed by atoms with Crippen molar-refractivity contribution in [2.45, 2.75) is 76.8 Å². The molecule has 1 aromatic heterocycles. The fourth-order valence-corrected chi connectivity index (χ4v) is 4.11. The van der Waals surface area contributed by atoms with Gasteiger partial charge in [-0.1, -0.05) is 62.1 Å². The van der Waals surface area contributed by atoms with Gasteiger partial charge >= 0.3 is 5.97 Å². The van der Waals surface area contributed by atoms with Gasteiger partial charge < -0.3 is 10.4 Å². The zero-order valence-corrected chi connectivity index (χ0v) is 18.1. The van der Waals surface area contributed by atoms with Crippen molar-refractivity contribution < 1.29 is 9.90 Å². The number of benzene rings is 1. The van der Waals surface area contributed by atoms with E-state index in [-0.39, 0.29) is 6.04 Å². The van der Waals surface area contributed by atoms with Crippen LogP contribution in [0.5, 0.6) is 0 Å². The van der Waals surface area contributed by atoms with Crippen LogP contribution >= 0.6 is 0 Å². The highest BCUT2D eigenvalue weighted by Gasteiger charge is 2.19. The van der Waals surface area contributed by atoms with Gasteiger partial charge in [-0.15, -0.1) is 0 Å². The van der Waals surface area contributed by atoms with Crippen LogP contribution in [0.4, 0.5) is 5.82 Å². The molecule has 5 nitrogen and oxygen atoms in total. The van der Waals surface area contributed by atoms with Crippen molar-refractivity contribution >= 4 is 11.8 Å². The highest BCUT2D eigenvalue weighted by Crippen LogP contribution is 2.21. The maximum Gasteiger partial charge on any atom is 0.320 e. The van der Waals surface area contributed by atoms with Gasteiger partial charge in [0.05, 0.1) is 0 Å². The average Bonchev–Trinajstić information content (AvgIpc) is 2.77. The van der Waals surface area contributed by atoms with E-state index in [2.05, 4.69) is 22.8 Å². The smallest absolute Gasteiger partial charge is 0.320 e. The Bertz CT molecular complexity index is 794. The minimum atomic E-state index is -0.759. The van der Waals surface area contributed by atoms with Crippen molar-refractivity contribution in [3.63, 3.8) is 0 Å². The Morgan fingerprint density at radius 3 is 2.67 bits per heavy atom. The number of aromatic nitrogens is 1. The number of unbranched alkanes of at least 4 members (excludes halogenated alkanes) is 4. The van der Waals surface area contributed by atoms with Gasteiger partial charge in [-0.2, -0.15) is 0 Å². The molecule has 5 heteroatoms. The van der Waals surface area contributed by atoms with Crippen molar-refractivity contribution in [1.29, 1.82) is 0 Å². The topological polar surface area (TPSA) is 74.2 Å². The van der Waals surface area contributed by atoms with E-state index in [9.17, 15) is 9.90 Å². The lowest BCUT2D eigenvalue weighted by atomic mass is 10.0. The van der Waals surface area contributed by atoms with Crippen molar-refractivity contribution in [1.82, 2.24) is 10.3 Å². The molecular weight excluding hydrogens is 374 g/mol. The zero-order chi connectivity index (χ0) is 21.2. The molecule has 0 radical (unpaired) electrons. The van der Waals surface area contributed by atoms with Crippen LogP contribution < -0.4 is 10.6 Å². The molecule has 0 saturated carbocycles. The van der Waals surface area contributed by atoms with E-state index in [0.717, 1.165) is 62.9 Å². The number of aliphatic carboxylic acids is 1. The largest absolute Gasteiger partial charge is 0.480 e. The number of hydrogen-bond acceptors (Lipinski definition) is 4. The summed E-state index contributed by atoms with van der Waals surface area (Å²) < 4.78 is 0. The third kappa shape index (κ3) is 6.84. The van der Waals surface area contributed by atoms with Gasteiger partial charge in [0.25, 0.3) is 0 Å². The molecule has 1 unspecified atom stereocenters. The third-order valence-electron chi connectivity index (χ3n) is 5.93. The van der Waals surface area contributed by atoms with Gasteiger partial charge in [0, 0.05) is 18.3 Å². The Morgan fingerprint density at radius 1 is 1.10 bits per heavy atom. The molecule has 0 aliphatic carbocycles. The van der Waals surface area contributed by atoms with Crippen LogP contribution in [-0.4, -0.2) is 28.6 Å². The van der Waals surface area contributed by atoms with Crippen LogP contribution in [0.15, 0.2) is 42.5 Å². The van der Waals surface area contributed by atoms with Crippen molar-refractivity contribution in [2.24, 2.45) is 0 Å². The van der Waals surface area contributed by atoms with Gasteiger partial charge in [0.15, 0.2) is 0 Å². The first-order chi connectivity index (χ1) is 14.6. The van der Waals surface area contributed by atoms with E-state index >= 15 is 0 Å². The molecule has 162 valence electrons. The summed E-state index contributed by atoms with van der Waals surface area (Å²) >= 11 is 0. The summed E-state index contributed by atoms with van der Waals surface area (Å²) in [5.41, 5.74) is 3.64. The lowest BCUT2D eigenvalue weighted by Crippen LogP contribution is -2.38. The zero-order valence-electron chi connectivity index (χ0n) is 18.1. The molecule has 1 aliphatic rings. The molecule has 0 spiro atoms. The monoisotopic (exact) mass is 409 g/mol. The van der Waals surface area contributed by atoms with Gasteiger partial charge in [0.2, 0.25) is 0 Å². The number of pyridine rings is 1. The van der Waals surface area contributed by atoms with Crippen molar-refractivity contribution in [3.05, 3.63) is 59.3 Å². The molecule has 3 rings (SSSR count). The second-order valence-electron chi connectivity index (χ2n) is 8.34. The summed E-state index contributed by atoms with van der Waals surface area (Å²) in [4.78, 5) is 16.4. The molecule has 2 heterocycles. The van der Waals surface area contributed by atoms with E-state index < -0.39 is 12.0 Å². The van der Waals surface area contributed by atoms with Crippen LogP contribution in [0.2, 0.25) is 0 Å². The van der Waals surface area contributed by atoms with E-state index in [1.54, 1.807) is 0 Å². The Morgan fingerprint density at radius 2 is 1.87 bits per heavy atom. The number of carbonyl (C=O) groups is 1. The number of carboxylic acid groups (broad SMARTS) is 1. The minimum Gasteiger partial charge on any atom is -0.480 e. The van der Waals surface area contributed by atoms with E-state index in [1.165, 1.54) is 17.7 Å². The number of rotatable bonds is 12. The van der Waals surface area contributed by atoms with Crippen molar-refractivity contribution in [3.8, 4) is 0 Å². The van der Waals surface area contributed by atoms with Crippen LogP contribution in [0.3, 0.4) is 0 Å². The number of aryl methyl sites for hydroxylation is 2. The Balaban J connectivity index is 1.31. The van der Waals surface area contributed by atoms with Gasteiger partial charge in [-0.3, -0.25) is 10.1 Å². The number of hydrogen-bond donors (Lipinski definition) is 3. The summed E-state index contributed by atoms with van der Waals surface area (Å²) in [6.45, 7) is 3.05. The molecule has 1 aromatic carbocycles. The highest BCUT2D eigenvalue weighted by atomic mass is 16.4. The summed E-state index contributed by atoms with van der Waals surface area (Å²) in [7, 11) is 0. The molecule has 2 atom stereocenters. The molecule has 30 heavy (non-hydrogen) atoms. The molecular formula is C25H35N3O2. The lowest BCUT2D eigenvalue weighted by Gasteiger charge is -2.20. The number of nitrogens with zero attached hydrogens (tertiary/aromatic N) is 1. The summed E-state index contributed by atoms with van der Waals surface area (Å²) in [6, 6.07) is 13.9. The maximum absolute atomic E-state index is 11.6. The quantitative estimate of drug-likeness (QED) is 0.424. The summed E-state index contributed by atoms with van der Waals surface area (Å²) in [6.07, 6.45) is 9.46. The van der Waals surface area contributed by atoms with Gasteiger partial charge in [-0.05, 0) is 56.2 Å². The first-order valence-electron chi connectivity index (χ1n) is 11.4. The second-order valence-corrected chi connectivity index (χ2v) is 8.34. The molecule has 2 aromatic rings. The Hall–Kier alpha value is -2.40. The predicted molar refractivity (Wildman–Crippen MR) is 122 cm³/mol. The average molecular weight is 410 g/mol. The number of carboxylic acids is 1. The standard InChI is InChI=1S/C25H35N3O2/c1-19(20-11-6-5-7-12-20)27-23(25(29)30)15-9-4-2-3-8-14-22-17-16-21-13-10-18-26-24(21)28-22/h5-7,11-12,16-17,19,23,27H,2-4,8-10,13-15,18H2,1H3,(H,26,28)(H,29,30)/t19-,23?/m1/s1. The van der Waals surface area contributed by atoms with Crippen LogP contribution in [-0.2, 0) is 17.6 Å². The Kier molecular flexibility index (Phi) is 8.69. The summed E-state index contributed by atoms with van der Waals surface area (Å²) in [5, 5.41) is 16.2. The SMILES string of the molecule is C[C@@H](NC(CCCCCCCc1ccc2c(n1)NCCC2)C(=O)O)c1ccccc1. The van der Waals surface area contributed by atoms with Gasteiger partial charge in [0.1, 0.15) is 11.9 Å². The first kappa shape index (κ1) is 22.3. The van der Waals surface area contributed by atoms with E-state index in [0.29, 0.717) is 6.42 Å². The molecule has 3 N–H and O–H groups in total. The number of nitrogens with one attached hydrogen (secondary N) is 2. The second kappa shape index (κ2) is 11.7. The molecule has 0 bridgehead atoms. The molecule has 0 fully saturated rings. The molecule has 0 saturated heterocycles. The third-order valence-corrected chi connectivity index (χ3v) is 5.93. The fourth-order valence-electron chi connectivity index (χ4n) is 4.11. The predicted octanol–water partition coefficient (Wildman–Crippen LogP) is 5.13. The fraction of sp³-hybridized carbons (Fsp3) is 0.520. The van der Waals surface area contributed by atoms with E-state index in [4.69, 9.17) is 4.98 Å². The maximum atomic E-state index is 11.6.